The Balaban J connectivity index is 4.10. The van der Waals surface area contributed by atoms with Crippen molar-refractivity contribution in [3.05, 3.63) is 12.2 Å². The second-order valence-electron chi connectivity index (χ2n) is 18.2. The molecule has 1 amide bonds. The molecule has 0 heterocycles. The molecule has 0 aliphatic heterocycles. The summed E-state index contributed by atoms with van der Waals surface area (Å²) >= 11 is 0. The molecule has 9 heteroatoms. The monoisotopic (exact) mass is 829 g/mol. The zero-order valence-electron chi connectivity index (χ0n) is 38.6. The third-order valence-corrected chi connectivity index (χ3v) is 12.2. The summed E-state index contributed by atoms with van der Waals surface area (Å²) in [7, 11) is 1.27. The molecule has 0 aromatic heterocycles. The molecule has 0 radical (unpaired) electrons. The number of hydrogen-bond acceptors (Lipinski definition) is 6. The molecule has 0 aromatic rings. The van der Waals surface area contributed by atoms with Crippen molar-refractivity contribution in [1.82, 2.24) is 5.32 Å². The Morgan fingerprint density at radius 1 is 0.596 bits per heavy atom. The number of nitrogens with zero attached hydrogens (tertiary/aromatic N) is 1. The van der Waals surface area contributed by atoms with Gasteiger partial charge in [-0.15, -0.1) is 0 Å². The van der Waals surface area contributed by atoms with E-state index in [9.17, 15) is 19.4 Å². The van der Waals surface area contributed by atoms with E-state index in [-0.39, 0.29) is 19.1 Å². The van der Waals surface area contributed by atoms with Gasteiger partial charge in [0, 0.05) is 6.42 Å². The molecule has 0 rings (SSSR count). The zero-order valence-corrected chi connectivity index (χ0v) is 39.5. The standard InChI is InChI=1S/C48H97N2O6P/c1-6-8-10-12-14-16-18-19-20-21-22-23-24-25-26-27-28-29-30-31-32-34-36-38-40-42-48(52)49-46(45-56-57(53,54)55-44-43-50(3,4)5)47(51)41-39-37-35-33-17-15-13-11-9-7-2/h39,41,46-47,51H,6-38,40,42-45H2,1-5H3,(H-,49,52,53,54)/b41-39+. The summed E-state index contributed by atoms with van der Waals surface area (Å²) in [4.78, 5) is 25.3. The van der Waals surface area contributed by atoms with Gasteiger partial charge >= 0.3 is 0 Å². The first-order valence-electron chi connectivity index (χ1n) is 24.6. The number of allylic oxidation sites excluding steroid dienone is 1. The van der Waals surface area contributed by atoms with E-state index < -0.39 is 20.0 Å². The van der Waals surface area contributed by atoms with Crippen LogP contribution in [-0.2, 0) is 18.4 Å². The second-order valence-corrected chi connectivity index (χ2v) is 19.6. The van der Waals surface area contributed by atoms with Crippen LogP contribution >= 0.6 is 7.82 Å². The molecule has 0 aliphatic carbocycles. The molecular formula is C48H97N2O6P. The van der Waals surface area contributed by atoms with Crippen molar-refractivity contribution in [3.63, 3.8) is 0 Å². The van der Waals surface area contributed by atoms with Crippen LogP contribution in [0.4, 0.5) is 0 Å². The Labute approximate surface area is 354 Å². The molecule has 0 aliphatic rings. The first-order chi connectivity index (χ1) is 27.5. The Kier molecular flexibility index (Phi) is 40.1. The van der Waals surface area contributed by atoms with Gasteiger partial charge in [-0.3, -0.25) is 9.36 Å². The molecule has 0 fully saturated rings. The Bertz CT molecular complexity index is 942. The van der Waals surface area contributed by atoms with Crippen molar-refractivity contribution >= 4 is 13.7 Å². The van der Waals surface area contributed by atoms with Crippen molar-refractivity contribution < 1.29 is 32.9 Å². The van der Waals surface area contributed by atoms with E-state index in [2.05, 4.69) is 19.2 Å². The largest absolute Gasteiger partial charge is 0.756 e. The van der Waals surface area contributed by atoms with Crippen molar-refractivity contribution in [2.45, 2.75) is 251 Å². The fraction of sp³-hybridized carbons (Fsp3) is 0.938. The summed E-state index contributed by atoms with van der Waals surface area (Å²) in [5.41, 5.74) is 0. The minimum Gasteiger partial charge on any atom is -0.756 e. The lowest BCUT2D eigenvalue weighted by molar-refractivity contribution is -0.870. The predicted octanol–water partition coefficient (Wildman–Crippen LogP) is 13.3. The Hall–Kier alpha value is -0.760. The van der Waals surface area contributed by atoms with Crippen LogP contribution in [-0.4, -0.2) is 68.5 Å². The van der Waals surface area contributed by atoms with Crippen LogP contribution in [0.3, 0.4) is 0 Å². The van der Waals surface area contributed by atoms with Gasteiger partial charge in [0.15, 0.2) is 0 Å². The summed E-state index contributed by atoms with van der Waals surface area (Å²) in [5.74, 6) is -0.195. The van der Waals surface area contributed by atoms with E-state index in [1.807, 2.05) is 27.2 Å². The van der Waals surface area contributed by atoms with E-state index in [1.165, 1.54) is 180 Å². The number of rotatable bonds is 45. The number of hydrogen-bond donors (Lipinski definition) is 2. The highest BCUT2D eigenvalue weighted by Gasteiger charge is 2.23. The van der Waals surface area contributed by atoms with Gasteiger partial charge in [-0.05, 0) is 19.3 Å². The highest BCUT2D eigenvalue weighted by atomic mass is 31.2. The molecule has 2 N–H and O–H groups in total. The number of phosphoric ester groups is 1. The van der Waals surface area contributed by atoms with Crippen molar-refractivity contribution in [2.75, 3.05) is 40.9 Å². The van der Waals surface area contributed by atoms with Gasteiger partial charge in [-0.25, -0.2) is 0 Å². The topological polar surface area (TPSA) is 108 Å². The zero-order chi connectivity index (χ0) is 42.1. The average Bonchev–Trinajstić information content (AvgIpc) is 3.16. The van der Waals surface area contributed by atoms with Gasteiger partial charge in [-0.1, -0.05) is 225 Å². The molecule has 340 valence electrons. The molecule has 0 spiro atoms. The number of nitrogens with one attached hydrogen (secondary N) is 1. The third-order valence-electron chi connectivity index (χ3n) is 11.2. The molecular weight excluding hydrogens is 732 g/mol. The number of amides is 1. The molecule has 3 unspecified atom stereocenters. The average molecular weight is 829 g/mol. The molecule has 0 saturated heterocycles. The quantitative estimate of drug-likeness (QED) is 0.0274. The molecule has 3 atom stereocenters. The molecule has 8 nitrogen and oxygen atoms in total. The summed E-state index contributed by atoms with van der Waals surface area (Å²) < 4.78 is 23.2. The van der Waals surface area contributed by atoms with Crippen LogP contribution in [0, 0.1) is 0 Å². The summed E-state index contributed by atoms with van der Waals surface area (Å²) in [6.45, 7) is 4.65. The third kappa shape index (κ3) is 43.1. The SMILES string of the molecule is CCCCCCCCCC/C=C/C(O)C(COP(=O)([O-])OCC[N+](C)(C)C)NC(=O)CCCCCCCCCCCCCCCCCCCCCCCCCCC. The number of aliphatic hydroxyl groups excluding tert-OH is 1. The minimum absolute atomic E-state index is 0.00194. The van der Waals surface area contributed by atoms with E-state index in [1.54, 1.807) is 6.08 Å². The number of carbonyl (C=O) groups is 1. The lowest BCUT2D eigenvalue weighted by Crippen LogP contribution is -2.45. The van der Waals surface area contributed by atoms with Crippen LogP contribution in [0.15, 0.2) is 12.2 Å². The summed E-state index contributed by atoms with van der Waals surface area (Å²) in [6, 6.07) is -0.879. The fourth-order valence-corrected chi connectivity index (χ4v) is 8.05. The van der Waals surface area contributed by atoms with Crippen molar-refractivity contribution in [2.24, 2.45) is 0 Å². The van der Waals surface area contributed by atoms with E-state index in [0.29, 0.717) is 17.4 Å². The van der Waals surface area contributed by atoms with Crippen LogP contribution in [0.2, 0.25) is 0 Å². The maximum atomic E-state index is 12.9. The molecule has 0 aromatic carbocycles. The Morgan fingerprint density at radius 2 is 0.947 bits per heavy atom. The van der Waals surface area contributed by atoms with E-state index in [4.69, 9.17) is 9.05 Å². The number of likely N-dealkylation sites (N-methyl/N-ethyl adjacent to an activating group) is 1. The first kappa shape index (κ1) is 56.2. The van der Waals surface area contributed by atoms with Gasteiger partial charge < -0.3 is 28.8 Å². The normalized spacial score (nSPS) is 14.3. The van der Waals surface area contributed by atoms with E-state index in [0.717, 1.165) is 38.5 Å². The lowest BCUT2D eigenvalue weighted by atomic mass is 10.0. The number of aliphatic hydroxyl groups is 1. The van der Waals surface area contributed by atoms with Crippen LogP contribution in [0.25, 0.3) is 0 Å². The maximum Gasteiger partial charge on any atom is 0.268 e. The van der Waals surface area contributed by atoms with Crippen LogP contribution in [0.5, 0.6) is 0 Å². The van der Waals surface area contributed by atoms with Crippen LogP contribution < -0.4 is 10.2 Å². The van der Waals surface area contributed by atoms with Crippen molar-refractivity contribution in [3.8, 4) is 0 Å². The lowest BCUT2D eigenvalue weighted by Gasteiger charge is -2.29. The summed E-state index contributed by atoms with van der Waals surface area (Å²) in [5, 5.41) is 13.7. The molecule has 57 heavy (non-hydrogen) atoms. The number of quaternary nitrogens is 1. The minimum atomic E-state index is -4.58. The number of carbonyl (C=O) groups excluding carboxylic acids is 1. The van der Waals surface area contributed by atoms with Crippen molar-refractivity contribution in [1.29, 1.82) is 0 Å². The second kappa shape index (κ2) is 40.6. The van der Waals surface area contributed by atoms with E-state index >= 15 is 0 Å². The fourth-order valence-electron chi connectivity index (χ4n) is 7.33. The van der Waals surface area contributed by atoms with Gasteiger partial charge in [0.25, 0.3) is 7.82 Å². The number of unbranched alkanes of at least 4 members (excludes halogenated alkanes) is 32. The van der Waals surface area contributed by atoms with Gasteiger partial charge in [0.05, 0.1) is 39.9 Å². The van der Waals surface area contributed by atoms with Gasteiger partial charge in [0.1, 0.15) is 13.2 Å². The summed E-state index contributed by atoms with van der Waals surface area (Å²) in [6.07, 6.45) is 47.1. The predicted molar refractivity (Wildman–Crippen MR) is 242 cm³/mol. The first-order valence-corrected chi connectivity index (χ1v) is 26.0. The molecule has 0 saturated carbocycles. The Morgan fingerprint density at radius 3 is 1.32 bits per heavy atom. The smallest absolute Gasteiger partial charge is 0.268 e. The highest BCUT2D eigenvalue weighted by Crippen LogP contribution is 2.38. The van der Waals surface area contributed by atoms with Gasteiger partial charge in [0.2, 0.25) is 5.91 Å². The number of phosphoric acid groups is 1. The highest BCUT2D eigenvalue weighted by molar-refractivity contribution is 7.45. The maximum absolute atomic E-state index is 12.9. The van der Waals surface area contributed by atoms with Gasteiger partial charge in [-0.2, -0.15) is 0 Å². The van der Waals surface area contributed by atoms with Crippen LogP contribution in [0.1, 0.15) is 239 Å². The molecule has 0 bridgehead atoms.